The highest BCUT2D eigenvalue weighted by Crippen LogP contribution is 2.37. The molecule has 0 aliphatic rings. The van der Waals surface area contributed by atoms with Crippen molar-refractivity contribution in [2.75, 3.05) is 27.1 Å². The lowest BCUT2D eigenvalue weighted by atomic mass is 9.89. The maximum Gasteiger partial charge on any atom is 0.573 e. The molecule has 242 valence electrons. The summed E-state index contributed by atoms with van der Waals surface area (Å²) in [6.07, 6.45) is -8.57. The summed E-state index contributed by atoms with van der Waals surface area (Å²) in [6, 6.07) is 9.06. The van der Waals surface area contributed by atoms with Crippen molar-refractivity contribution in [1.82, 2.24) is 5.32 Å². The van der Waals surface area contributed by atoms with Crippen molar-refractivity contribution < 1.29 is 54.8 Å². The third kappa shape index (κ3) is 13.3. The molecule has 0 heterocycles. The summed E-state index contributed by atoms with van der Waals surface area (Å²) >= 11 is 0. The first kappa shape index (κ1) is 36.0. The van der Waals surface area contributed by atoms with Gasteiger partial charge in [-0.1, -0.05) is 25.1 Å². The van der Waals surface area contributed by atoms with Crippen LogP contribution in [-0.4, -0.2) is 50.7 Å². The predicted molar refractivity (Wildman–Crippen MR) is 147 cm³/mol. The summed E-state index contributed by atoms with van der Waals surface area (Å²) in [5.41, 5.74) is -1.54. The van der Waals surface area contributed by atoms with Crippen molar-refractivity contribution >= 4 is 6.09 Å². The molecule has 2 aromatic carbocycles. The lowest BCUT2D eigenvalue weighted by Crippen LogP contribution is -2.53. The zero-order chi connectivity index (χ0) is 32.3. The number of aryl methyl sites for hydroxylation is 2. The van der Waals surface area contributed by atoms with Gasteiger partial charge in [-0.05, 0) is 88.3 Å². The van der Waals surface area contributed by atoms with Gasteiger partial charge in [0.15, 0.2) is 0 Å². The number of nitrogens with one attached hydrogen (secondary N) is 1. The molecule has 1 atom stereocenters. The van der Waals surface area contributed by atoms with E-state index in [1.54, 1.807) is 20.8 Å². The number of alkyl carbamates (subject to hydrolysis) is 1. The Morgan fingerprint density at radius 3 is 2.12 bits per heavy atom. The minimum atomic E-state index is -4.80. The van der Waals surface area contributed by atoms with E-state index in [1.807, 2.05) is 6.92 Å². The van der Waals surface area contributed by atoms with Gasteiger partial charge in [0.05, 0.1) is 24.3 Å². The van der Waals surface area contributed by atoms with Crippen LogP contribution in [0.1, 0.15) is 63.6 Å². The minimum Gasteiger partial charge on any atom is -0.493 e. The lowest BCUT2D eigenvalue weighted by Gasteiger charge is -2.34. The third-order valence-corrected chi connectivity index (χ3v) is 6.29. The monoisotopic (exact) mass is 623 g/mol. The van der Waals surface area contributed by atoms with E-state index in [9.17, 15) is 31.1 Å². The number of alkyl halides is 6. The fraction of sp³-hybridized carbons (Fsp3) is 0.567. The third-order valence-electron chi connectivity index (χ3n) is 6.29. The van der Waals surface area contributed by atoms with Crippen LogP contribution in [0.3, 0.4) is 0 Å². The first-order chi connectivity index (χ1) is 20.0. The van der Waals surface area contributed by atoms with E-state index in [-0.39, 0.29) is 44.3 Å². The first-order valence-electron chi connectivity index (χ1n) is 13.7. The van der Waals surface area contributed by atoms with Crippen molar-refractivity contribution in [2.45, 2.75) is 83.5 Å². The summed E-state index contributed by atoms with van der Waals surface area (Å²) in [5, 5.41) is 2.84. The smallest absolute Gasteiger partial charge is 0.493 e. The Kier molecular flexibility index (Phi) is 13.0. The van der Waals surface area contributed by atoms with Gasteiger partial charge >= 0.3 is 18.6 Å². The molecule has 2 aromatic rings. The van der Waals surface area contributed by atoms with Crippen molar-refractivity contribution in [3.05, 3.63) is 59.2 Å². The molecule has 0 fully saturated rings. The molecule has 13 heteroatoms. The molecule has 0 unspecified atom stereocenters. The van der Waals surface area contributed by atoms with E-state index >= 15 is 0 Å². The van der Waals surface area contributed by atoms with E-state index in [0.717, 1.165) is 6.07 Å². The van der Waals surface area contributed by atoms with Gasteiger partial charge in [0.1, 0.15) is 23.9 Å². The van der Waals surface area contributed by atoms with Gasteiger partial charge in [-0.25, -0.2) is 4.79 Å². The zero-order valence-corrected chi connectivity index (χ0v) is 24.9. The molecule has 2 rings (SSSR count). The fourth-order valence-corrected chi connectivity index (χ4v) is 4.16. The summed E-state index contributed by atoms with van der Waals surface area (Å²) in [7, 11) is 1.45. The van der Waals surface area contributed by atoms with Gasteiger partial charge in [0.2, 0.25) is 0 Å². The number of amides is 1. The standard InChI is InChI=1S/C30H39F6NO6/c1-6-28(19-40-20-39-5,37-26(38)43-27(2,3)4)16-15-22-11-14-25(24(18-22)29(31,32)33)41-17-7-8-21-9-12-23(13-10-21)42-30(34,35)36/h9-14,18H,6-8,15-17,19-20H2,1-5H3,(H,37,38)/t28-/m1/s1. The number of rotatable bonds is 15. The Morgan fingerprint density at radius 1 is 0.907 bits per heavy atom. The second-order valence-corrected chi connectivity index (χ2v) is 11.0. The molecule has 0 saturated heterocycles. The molecule has 0 bridgehead atoms. The SMILES string of the molecule is CC[C@@](CCc1ccc(OCCCc2ccc(OC(F)(F)F)cc2)c(C(F)(F)F)c1)(COCOC)NC(=O)OC(C)(C)C. The van der Waals surface area contributed by atoms with E-state index in [1.165, 1.54) is 43.5 Å². The van der Waals surface area contributed by atoms with E-state index in [4.69, 9.17) is 18.9 Å². The average molecular weight is 624 g/mol. The molecule has 0 aliphatic carbocycles. The topological polar surface area (TPSA) is 75.3 Å². The van der Waals surface area contributed by atoms with Crippen LogP contribution in [0, 0.1) is 0 Å². The molecular weight excluding hydrogens is 584 g/mol. The van der Waals surface area contributed by atoms with Gasteiger partial charge in [-0.15, -0.1) is 13.2 Å². The highest BCUT2D eigenvalue weighted by Gasteiger charge is 2.36. The molecule has 0 saturated carbocycles. The number of carbonyl (C=O) groups is 1. The predicted octanol–water partition coefficient (Wildman–Crippen LogP) is 7.84. The van der Waals surface area contributed by atoms with Crippen LogP contribution in [0.5, 0.6) is 11.5 Å². The van der Waals surface area contributed by atoms with Crippen LogP contribution < -0.4 is 14.8 Å². The normalized spacial score (nSPS) is 13.7. The first-order valence-corrected chi connectivity index (χ1v) is 13.7. The second kappa shape index (κ2) is 15.5. The molecule has 0 spiro atoms. The Bertz CT molecular complexity index is 1150. The highest BCUT2D eigenvalue weighted by atomic mass is 19.4. The summed E-state index contributed by atoms with van der Waals surface area (Å²) < 4.78 is 104. The molecule has 1 N–H and O–H groups in total. The van der Waals surface area contributed by atoms with Crippen LogP contribution in [0.15, 0.2) is 42.5 Å². The van der Waals surface area contributed by atoms with Gasteiger partial charge in [-0.3, -0.25) is 0 Å². The van der Waals surface area contributed by atoms with Gasteiger partial charge in [-0.2, -0.15) is 13.2 Å². The van der Waals surface area contributed by atoms with Gasteiger partial charge in [0, 0.05) is 7.11 Å². The number of carbonyl (C=O) groups excluding carboxylic acids is 1. The Labute approximate surface area is 247 Å². The maximum absolute atomic E-state index is 14.0. The second-order valence-electron chi connectivity index (χ2n) is 11.0. The zero-order valence-electron chi connectivity index (χ0n) is 24.9. The number of benzene rings is 2. The van der Waals surface area contributed by atoms with E-state index in [2.05, 4.69) is 10.1 Å². The van der Waals surface area contributed by atoms with Crippen molar-refractivity contribution in [1.29, 1.82) is 0 Å². The molecule has 0 aromatic heterocycles. The van der Waals surface area contributed by atoms with Crippen molar-refractivity contribution in [3.63, 3.8) is 0 Å². The number of halogens is 6. The van der Waals surface area contributed by atoms with E-state index < -0.39 is 35.3 Å². The minimum absolute atomic E-state index is 0.0280. The maximum atomic E-state index is 14.0. The number of ether oxygens (including phenoxy) is 5. The van der Waals surface area contributed by atoms with Crippen LogP contribution in [0.2, 0.25) is 0 Å². The summed E-state index contributed by atoms with van der Waals surface area (Å²) in [6.45, 7) is 6.98. The van der Waals surface area contributed by atoms with Gasteiger partial charge in [0.25, 0.3) is 0 Å². The highest BCUT2D eigenvalue weighted by molar-refractivity contribution is 5.68. The fourth-order valence-electron chi connectivity index (χ4n) is 4.16. The quantitative estimate of drug-likeness (QED) is 0.124. The Morgan fingerprint density at radius 2 is 1.56 bits per heavy atom. The van der Waals surface area contributed by atoms with Crippen LogP contribution in [0.4, 0.5) is 31.1 Å². The van der Waals surface area contributed by atoms with Crippen LogP contribution in [-0.2, 0) is 33.2 Å². The Hall–Kier alpha value is -3.19. The molecular formula is C30H39F6NO6. The average Bonchev–Trinajstić information content (AvgIpc) is 2.88. The lowest BCUT2D eigenvalue weighted by molar-refractivity contribution is -0.274. The van der Waals surface area contributed by atoms with E-state index in [0.29, 0.717) is 30.4 Å². The van der Waals surface area contributed by atoms with Crippen LogP contribution >= 0.6 is 0 Å². The number of hydrogen-bond donors (Lipinski definition) is 1. The summed E-state index contributed by atoms with van der Waals surface area (Å²) in [4.78, 5) is 12.6. The summed E-state index contributed by atoms with van der Waals surface area (Å²) in [5.74, 6) is -0.691. The van der Waals surface area contributed by atoms with Crippen molar-refractivity contribution in [2.24, 2.45) is 0 Å². The molecule has 7 nitrogen and oxygen atoms in total. The number of methoxy groups -OCH3 is 1. The Balaban J connectivity index is 2.08. The van der Waals surface area contributed by atoms with Crippen molar-refractivity contribution in [3.8, 4) is 11.5 Å². The molecule has 0 radical (unpaired) electrons. The largest absolute Gasteiger partial charge is 0.573 e. The van der Waals surface area contributed by atoms with Crippen LogP contribution in [0.25, 0.3) is 0 Å². The molecule has 43 heavy (non-hydrogen) atoms. The molecule has 1 amide bonds. The van der Waals surface area contributed by atoms with Gasteiger partial charge < -0.3 is 29.0 Å². The number of hydrogen-bond acceptors (Lipinski definition) is 6. The molecule has 0 aliphatic heterocycles.